The van der Waals surface area contributed by atoms with E-state index in [1.165, 1.54) is 5.56 Å². The van der Waals surface area contributed by atoms with Crippen molar-refractivity contribution in [1.82, 2.24) is 16.2 Å². The quantitative estimate of drug-likeness (QED) is 0.171. The van der Waals surface area contributed by atoms with Gasteiger partial charge in [-0.2, -0.15) is 0 Å². The summed E-state index contributed by atoms with van der Waals surface area (Å²) >= 11 is 8.37. The van der Waals surface area contributed by atoms with Crippen LogP contribution in [0.1, 0.15) is 37.3 Å². The lowest BCUT2D eigenvalue weighted by Gasteiger charge is -2.12. The van der Waals surface area contributed by atoms with Crippen LogP contribution < -0.4 is 20.9 Å². The van der Waals surface area contributed by atoms with E-state index in [4.69, 9.17) is 21.7 Å². The lowest BCUT2D eigenvalue weighted by atomic mass is 10.1. The number of hydrogen-bond donors (Lipinski definition) is 3. The van der Waals surface area contributed by atoms with Gasteiger partial charge < -0.3 is 14.8 Å². The molecule has 0 fully saturated rings. The highest BCUT2D eigenvalue weighted by Gasteiger charge is 2.11. The van der Waals surface area contributed by atoms with E-state index in [0.29, 0.717) is 18.8 Å². The van der Waals surface area contributed by atoms with Crippen LogP contribution in [0.3, 0.4) is 0 Å². The fourth-order valence-electron chi connectivity index (χ4n) is 2.80. The summed E-state index contributed by atoms with van der Waals surface area (Å²) in [5.74, 6) is -0.868. The number of carbonyl (C=O) groups excluding carboxylic acids is 3. The first-order chi connectivity index (χ1) is 16.4. The number of halogens is 1. The van der Waals surface area contributed by atoms with Crippen molar-refractivity contribution < 1.29 is 23.9 Å². The van der Waals surface area contributed by atoms with Crippen LogP contribution in [0.5, 0.6) is 5.75 Å². The first kappa shape index (κ1) is 27.3. The van der Waals surface area contributed by atoms with Gasteiger partial charge in [-0.1, -0.05) is 43.3 Å². The van der Waals surface area contributed by atoms with Gasteiger partial charge in [-0.25, -0.2) is 0 Å². The predicted molar refractivity (Wildman–Crippen MR) is 136 cm³/mol. The molecule has 0 atom stereocenters. The van der Waals surface area contributed by atoms with Gasteiger partial charge in [0.15, 0.2) is 11.7 Å². The Hall–Kier alpha value is -2.98. The Bertz CT molecular complexity index is 988. The predicted octanol–water partition coefficient (Wildman–Crippen LogP) is 3.37. The van der Waals surface area contributed by atoms with E-state index < -0.39 is 17.8 Å². The minimum Gasteiger partial charge on any atom is -0.483 e. The van der Waals surface area contributed by atoms with Crippen molar-refractivity contribution in [2.75, 3.05) is 13.2 Å². The molecular weight excluding hydrogens is 522 g/mol. The molecule has 182 valence electrons. The highest BCUT2D eigenvalue weighted by Crippen LogP contribution is 2.26. The molecule has 0 spiro atoms. The molecule has 0 saturated carbocycles. The highest BCUT2D eigenvalue weighted by atomic mass is 79.9. The first-order valence-electron chi connectivity index (χ1n) is 10.9. The second-order valence-electron chi connectivity index (χ2n) is 7.27. The molecule has 0 saturated heterocycles. The Balaban J connectivity index is 1.55. The Morgan fingerprint density at radius 2 is 1.74 bits per heavy atom. The number of aryl methyl sites for hydroxylation is 2. The number of thiocarbonyl (C=S) groups is 1. The van der Waals surface area contributed by atoms with E-state index in [2.05, 4.69) is 32.1 Å². The number of esters is 1. The molecule has 0 unspecified atom stereocenters. The molecule has 10 heteroatoms. The van der Waals surface area contributed by atoms with Crippen LogP contribution in [0.25, 0.3) is 0 Å². The number of hydrazine groups is 1. The van der Waals surface area contributed by atoms with Gasteiger partial charge in [0.05, 0.1) is 17.5 Å². The first-order valence-corrected chi connectivity index (χ1v) is 12.1. The van der Waals surface area contributed by atoms with Crippen LogP contribution in [0.4, 0.5) is 0 Å². The molecule has 2 rings (SSSR count). The molecule has 0 aliphatic rings. The molecule has 34 heavy (non-hydrogen) atoms. The highest BCUT2D eigenvalue weighted by molar-refractivity contribution is 9.10. The summed E-state index contributed by atoms with van der Waals surface area (Å²) in [6, 6.07) is 15.5. The molecule has 2 aromatic rings. The minimum absolute atomic E-state index is 0.0638. The van der Waals surface area contributed by atoms with E-state index >= 15 is 0 Å². The third-order valence-electron chi connectivity index (χ3n) is 4.60. The second kappa shape index (κ2) is 15.0. The fourth-order valence-corrected chi connectivity index (χ4v) is 3.51. The summed E-state index contributed by atoms with van der Waals surface area (Å²) < 4.78 is 11.4. The topological polar surface area (TPSA) is 106 Å². The third kappa shape index (κ3) is 10.8. The van der Waals surface area contributed by atoms with Gasteiger partial charge in [0, 0.05) is 6.42 Å². The van der Waals surface area contributed by atoms with E-state index in [1.807, 2.05) is 49.4 Å². The molecule has 3 N–H and O–H groups in total. The molecular formula is C24H28BrN3O5S. The number of ether oxygens (including phenoxy) is 2. The van der Waals surface area contributed by atoms with Crippen molar-refractivity contribution in [3.05, 3.63) is 64.1 Å². The summed E-state index contributed by atoms with van der Waals surface area (Å²) in [5.41, 5.74) is 7.07. The molecule has 8 nitrogen and oxygen atoms in total. The van der Waals surface area contributed by atoms with Crippen LogP contribution in [0, 0.1) is 0 Å². The Morgan fingerprint density at radius 3 is 2.44 bits per heavy atom. The summed E-state index contributed by atoms with van der Waals surface area (Å²) in [4.78, 5) is 35.6. The summed E-state index contributed by atoms with van der Waals surface area (Å²) in [5, 5.41) is 2.29. The van der Waals surface area contributed by atoms with Gasteiger partial charge in [-0.15, -0.1) is 0 Å². The number of benzene rings is 2. The zero-order valence-electron chi connectivity index (χ0n) is 18.9. The largest absolute Gasteiger partial charge is 0.483 e. The van der Waals surface area contributed by atoms with Crippen LogP contribution in [-0.4, -0.2) is 36.1 Å². The van der Waals surface area contributed by atoms with Crippen molar-refractivity contribution in [3.63, 3.8) is 0 Å². The normalized spacial score (nSPS) is 10.2. The van der Waals surface area contributed by atoms with Crippen LogP contribution in [0.2, 0.25) is 0 Å². The maximum absolute atomic E-state index is 11.9. The lowest BCUT2D eigenvalue weighted by Crippen LogP contribution is -2.49. The van der Waals surface area contributed by atoms with E-state index in [1.54, 1.807) is 6.07 Å². The van der Waals surface area contributed by atoms with Crippen LogP contribution in [0.15, 0.2) is 53.0 Å². The Morgan fingerprint density at radius 1 is 0.971 bits per heavy atom. The zero-order chi connectivity index (χ0) is 24.8. The van der Waals surface area contributed by atoms with Crippen molar-refractivity contribution in [2.24, 2.45) is 0 Å². The second-order valence-corrected chi connectivity index (χ2v) is 8.53. The number of rotatable bonds is 11. The van der Waals surface area contributed by atoms with Gasteiger partial charge in [-0.05, 0) is 70.7 Å². The van der Waals surface area contributed by atoms with Crippen molar-refractivity contribution in [2.45, 2.75) is 39.0 Å². The summed E-state index contributed by atoms with van der Waals surface area (Å²) in [6.45, 7) is 2.09. The SMILES string of the molecule is CCc1ccc(OCC(=O)NNC(=S)NC(=O)CCC(=O)OCCCc2ccccc2)c(Br)c1. The molecule has 0 radical (unpaired) electrons. The maximum Gasteiger partial charge on any atom is 0.306 e. The Kier molecular flexibility index (Phi) is 12.0. The van der Waals surface area contributed by atoms with Crippen molar-refractivity contribution in [1.29, 1.82) is 0 Å². The van der Waals surface area contributed by atoms with E-state index in [-0.39, 0.29) is 24.6 Å². The Labute approximate surface area is 212 Å². The fraction of sp³-hybridized carbons (Fsp3) is 0.333. The summed E-state index contributed by atoms with van der Waals surface area (Å²) in [7, 11) is 0. The molecule has 0 aliphatic heterocycles. The van der Waals surface area contributed by atoms with Crippen LogP contribution >= 0.6 is 28.1 Å². The number of nitrogens with one attached hydrogen (secondary N) is 3. The monoisotopic (exact) mass is 549 g/mol. The average molecular weight is 550 g/mol. The van der Waals surface area contributed by atoms with Gasteiger partial charge in [0.2, 0.25) is 5.91 Å². The maximum atomic E-state index is 11.9. The van der Waals surface area contributed by atoms with E-state index in [0.717, 1.165) is 22.9 Å². The molecule has 2 amide bonds. The van der Waals surface area contributed by atoms with Crippen molar-refractivity contribution >= 4 is 51.0 Å². The van der Waals surface area contributed by atoms with Gasteiger partial charge >= 0.3 is 5.97 Å². The zero-order valence-corrected chi connectivity index (χ0v) is 21.3. The standard InChI is InChI=1S/C24H28BrN3O5S/c1-2-17-10-11-20(19(25)15-17)33-16-22(30)27-28-24(34)26-21(29)12-13-23(31)32-14-6-9-18-7-4-3-5-8-18/h3-5,7-8,10-11,15H,2,6,9,12-14,16H2,1H3,(H,27,30)(H2,26,28,29,34). The molecule has 0 bridgehead atoms. The molecule has 0 aliphatic carbocycles. The molecule has 0 aromatic heterocycles. The molecule has 2 aromatic carbocycles. The van der Waals surface area contributed by atoms with Crippen LogP contribution in [-0.2, 0) is 32.0 Å². The summed E-state index contributed by atoms with van der Waals surface area (Å²) in [6.07, 6.45) is 2.26. The van der Waals surface area contributed by atoms with Crippen molar-refractivity contribution in [3.8, 4) is 5.75 Å². The van der Waals surface area contributed by atoms with Gasteiger partial charge in [0.25, 0.3) is 5.91 Å². The van der Waals surface area contributed by atoms with Gasteiger partial charge in [-0.3, -0.25) is 25.2 Å². The number of hydrogen-bond acceptors (Lipinski definition) is 6. The average Bonchev–Trinajstić information content (AvgIpc) is 2.84. The van der Waals surface area contributed by atoms with E-state index in [9.17, 15) is 14.4 Å². The number of carbonyl (C=O) groups is 3. The molecule has 0 heterocycles. The third-order valence-corrected chi connectivity index (χ3v) is 5.43. The lowest BCUT2D eigenvalue weighted by molar-refractivity contribution is -0.145. The smallest absolute Gasteiger partial charge is 0.306 e. The minimum atomic E-state index is -0.484. The van der Waals surface area contributed by atoms with Gasteiger partial charge in [0.1, 0.15) is 5.75 Å². The number of amides is 2.